The van der Waals surface area contributed by atoms with E-state index < -0.39 is 43.1 Å². The Morgan fingerprint density at radius 1 is 1.05 bits per heavy atom. The van der Waals surface area contributed by atoms with Crippen molar-refractivity contribution < 1.29 is 21.6 Å². The first-order valence-electron chi connectivity index (χ1n) is 5.33. The van der Waals surface area contributed by atoms with Crippen LogP contribution in [0.4, 0.5) is 18.9 Å². The maximum absolute atomic E-state index is 13.6. The number of nitrogens with one attached hydrogen (secondary N) is 1. The Morgan fingerprint density at radius 2 is 1.71 bits per heavy atom. The maximum Gasteiger partial charge on any atom is 0.262 e. The third-order valence-electron chi connectivity index (χ3n) is 2.44. The van der Waals surface area contributed by atoms with Gasteiger partial charge in [-0.3, -0.25) is 4.72 Å². The highest BCUT2D eigenvalue weighted by Crippen LogP contribution is 2.29. The Morgan fingerprint density at radius 3 is 2.29 bits per heavy atom. The molecule has 3 nitrogen and oxygen atoms in total. The van der Waals surface area contributed by atoms with E-state index >= 15 is 0 Å². The molecular formula is C12H6BrClF3NO2S. The van der Waals surface area contributed by atoms with Gasteiger partial charge in [-0.25, -0.2) is 21.6 Å². The minimum absolute atomic E-state index is 0.0763. The molecule has 0 bridgehead atoms. The fraction of sp³-hybridized carbons (Fsp3) is 0. The molecule has 21 heavy (non-hydrogen) atoms. The van der Waals surface area contributed by atoms with Gasteiger partial charge < -0.3 is 0 Å². The molecule has 0 spiro atoms. The standard InChI is InChI=1S/C12H6BrClF3NO2S/c13-8-2-1-7(5-10(8)16)21(19,20)18-12-9(14)3-6(15)4-11(12)17/h1-5,18H. The van der Waals surface area contributed by atoms with Gasteiger partial charge >= 0.3 is 0 Å². The van der Waals surface area contributed by atoms with E-state index in [4.69, 9.17) is 11.6 Å². The summed E-state index contributed by atoms with van der Waals surface area (Å²) < 4.78 is 65.9. The number of benzene rings is 2. The normalized spacial score (nSPS) is 11.5. The molecule has 0 fully saturated rings. The van der Waals surface area contributed by atoms with E-state index in [2.05, 4.69) is 15.9 Å². The summed E-state index contributed by atoms with van der Waals surface area (Å²) in [6.07, 6.45) is 0. The number of anilines is 1. The number of hydrogen-bond acceptors (Lipinski definition) is 2. The Bertz CT molecular complexity index is 791. The lowest BCUT2D eigenvalue weighted by Gasteiger charge is -2.11. The zero-order valence-electron chi connectivity index (χ0n) is 10.0. The molecule has 0 aromatic heterocycles. The molecule has 0 heterocycles. The smallest absolute Gasteiger partial charge is 0.262 e. The van der Waals surface area contributed by atoms with Gasteiger partial charge in [-0.05, 0) is 40.2 Å². The topological polar surface area (TPSA) is 46.2 Å². The van der Waals surface area contributed by atoms with Gasteiger partial charge in [0.2, 0.25) is 0 Å². The molecule has 2 aromatic rings. The molecule has 1 N–H and O–H groups in total. The molecule has 2 aromatic carbocycles. The van der Waals surface area contributed by atoms with E-state index in [1.54, 1.807) is 0 Å². The van der Waals surface area contributed by atoms with Crippen molar-refractivity contribution in [3.05, 3.63) is 57.3 Å². The number of sulfonamides is 1. The van der Waals surface area contributed by atoms with Crippen molar-refractivity contribution in [2.45, 2.75) is 4.90 Å². The minimum atomic E-state index is -4.27. The van der Waals surface area contributed by atoms with Crippen LogP contribution in [-0.2, 0) is 10.0 Å². The Labute approximate surface area is 131 Å². The average Bonchev–Trinajstić information content (AvgIpc) is 2.37. The lowest BCUT2D eigenvalue weighted by molar-refractivity contribution is 0.582. The van der Waals surface area contributed by atoms with Crippen LogP contribution in [0.2, 0.25) is 5.02 Å². The van der Waals surface area contributed by atoms with Gasteiger partial charge in [0.1, 0.15) is 17.3 Å². The van der Waals surface area contributed by atoms with Crippen molar-refractivity contribution in [2.24, 2.45) is 0 Å². The monoisotopic (exact) mass is 399 g/mol. The molecule has 0 saturated carbocycles. The van der Waals surface area contributed by atoms with Crippen LogP contribution in [0.15, 0.2) is 39.7 Å². The Balaban J connectivity index is 2.44. The molecule has 2 rings (SSSR count). The minimum Gasteiger partial charge on any atom is -0.275 e. The van der Waals surface area contributed by atoms with E-state index in [9.17, 15) is 21.6 Å². The third-order valence-corrected chi connectivity index (χ3v) is 4.73. The summed E-state index contributed by atoms with van der Waals surface area (Å²) >= 11 is 8.48. The first kappa shape index (κ1) is 16.1. The van der Waals surface area contributed by atoms with Gasteiger partial charge in [-0.15, -0.1) is 0 Å². The second-order valence-electron chi connectivity index (χ2n) is 3.93. The lowest BCUT2D eigenvalue weighted by Crippen LogP contribution is -2.14. The highest BCUT2D eigenvalue weighted by Gasteiger charge is 2.20. The van der Waals surface area contributed by atoms with Crippen LogP contribution in [0.1, 0.15) is 0 Å². The predicted octanol–water partition coefficient (Wildman–Crippen LogP) is 4.32. The molecule has 9 heteroatoms. The largest absolute Gasteiger partial charge is 0.275 e. The second-order valence-corrected chi connectivity index (χ2v) is 6.87. The molecule has 0 saturated heterocycles. The fourth-order valence-electron chi connectivity index (χ4n) is 1.48. The van der Waals surface area contributed by atoms with Crippen molar-refractivity contribution in [1.82, 2.24) is 0 Å². The summed E-state index contributed by atoms with van der Waals surface area (Å²) in [6.45, 7) is 0. The Kier molecular flexibility index (Phi) is 4.50. The summed E-state index contributed by atoms with van der Waals surface area (Å²) in [5.74, 6) is -2.93. The second kappa shape index (κ2) is 5.86. The van der Waals surface area contributed by atoms with Crippen LogP contribution in [0.5, 0.6) is 0 Å². The van der Waals surface area contributed by atoms with Gasteiger partial charge in [0.05, 0.1) is 14.4 Å². The number of halogens is 5. The van der Waals surface area contributed by atoms with Gasteiger partial charge in [-0.2, -0.15) is 0 Å². The molecule has 0 aliphatic rings. The van der Waals surface area contributed by atoms with E-state index in [1.807, 2.05) is 4.72 Å². The highest BCUT2D eigenvalue weighted by molar-refractivity contribution is 9.10. The molecule has 0 aliphatic carbocycles. The van der Waals surface area contributed by atoms with E-state index in [-0.39, 0.29) is 4.47 Å². The summed E-state index contributed by atoms with van der Waals surface area (Å²) in [7, 11) is -4.27. The van der Waals surface area contributed by atoms with E-state index in [0.29, 0.717) is 6.07 Å². The van der Waals surface area contributed by atoms with Crippen LogP contribution < -0.4 is 4.72 Å². The summed E-state index contributed by atoms with van der Waals surface area (Å²) in [5, 5.41) is -0.450. The first-order chi connectivity index (χ1) is 9.70. The predicted molar refractivity (Wildman–Crippen MR) is 76.3 cm³/mol. The number of hydrogen-bond donors (Lipinski definition) is 1. The molecule has 0 amide bonds. The molecule has 0 atom stereocenters. The summed E-state index contributed by atoms with van der Waals surface area (Å²) in [4.78, 5) is -0.428. The zero-order valence-corrected chi connectivity index (χ0v) is 13.2. The average molecular weight is 401 g/mol. The quantitative estimate of drug-likeness (QED) is 0.834. The van der Waals surface area contributed by atoms with Crippen LogP contribution in [-0.4, -0.2) is 8.42 Å². The van der Waals surface area contributed by atoms with Crippen LogP contribution in [0, 0.1) is 17.5 Å². The third kappa shape index (κ3) is 3.50. The molecule has 0 radical (unpaired) electrons. The van der Waals surface area contributed by atoms with Crippen molar-refractivity contribution in [2.75, 3.05) is 4.72 Å². The van der Waals surface area contributed by atoms with Crippen molar-refractivity contribution in [3.63, 3.8) is 0 Å². The van der Waals surface area contributed by atoms with Gasteiger partial charge in [-0.1, -0.05) is 11.6 Å². The van der Waals surface area contributed by atoms with E-state index in [0.717, 1.165) is 18.2 Å². The summed E-state index contributed by atoms with van der Waals surface area (Å²) in [6, 6.07) is 4.29. The van der Waals surface area contributed by atoms with Crippen molar-refractivity contribution in [3.8, 4) is 0 Å². The lowest BCUT2D eigenvalue weighted by atomic mass is 10.3. The van der Waals surface area contributed by atoms with Crippen LogP contribution in [0.25, 0.3) is 0 Å². The number of rotatable bonds is 3. The zero-order chi connectivity index (χ0) is 15.8. The van der Waals surface area contributed by atoms with Crippen molar-refractivity contribution in [1.29, 1.82) is 0 Å². The van der Waals surface area contributed by atoms with Crippen molar-refractivity contribution >= 4 is 43.2 Å². The maximum atomic E-state index is 13.6. The molecular weight excluding hydrogens is 395 g/mol. The van der Waals surface area contributed by atoms with E-state index in [1.165, 1.54) is 6.07 Å². The van der Waals surface area contributed by atoms with Gasteiger partial charge in [0, 0.05) is 6.07 Å². The van der Waals surface area contributed by atoms with Crippen LogP contribution >= 0.6 is 27.5 Å². The molecule has 0 unspecified atom stereocenters. The van der Waals surface area contributed by atoms with Crippen LogP contribution in [0.3, 0.4) is 0 Å². The first-order valence-corrected chi connectivity index (χ1v) is 7.98. The summed E-state index contributed by atoms with van der Waals surface area (Å²) in [5.41, 5.74) is -0.610. The van der Waals surface area contributed by atoms with Gasteiger partial charge in [0.25, 0.3) is 10.0 Å². The molecule has 112 valence electrons. The fourth-order valence-corrected chi connectivity index (χ4v) is 3.12. The van der Waals surface area contributed by atoms with Gasteiger partial charge in [0.15, 0.2) is 5.82 Å². The Hall–Kier alpha value is -1.25. The SMILES string of the molecule is O=S(=O)(Nc1c(F)cc(F)cc1Cl)c1ccc(Br)c(F)c1. The highest BCUT2D eigenvalue weighted by atomic mass is 79.9. The molecule has 0 aliphatic heterocycles.